The quantitative estimate of drug-likeness (QED) is 0.650. The number of anilines is 1. The molecule has 9 heteroatoms. The van der Waals surface area contributed by atoms with E-state index in [1.54, 1.807) is 10.9 Å². The monoisotopic (exact) mass is 437 g/mol. The van der Waals surface area contributed by atoms with Crippen molar-refractivity contribution in [2.45, 2.75) is 32.2 Å². The van der Waals surface area contributed by atoms with E-state index in [9.17, 15) is 4.79 Å². The predicted octanol–water partition coefficient (Wildman–Crippen LogP) is 3.49. The number of fused-ring (bicyclic) bond motifs is 2. The minimum Gasteiger partial charge on any atom is -0.380 e. The van der Waals surface area contributed by atoms with Gasteiger partial charge in [-0.2, -0.15) is 10.4 Å². The Hall–Kier alpha value is -3.05. The van der Waals surface area contributed by atoms with Crippen LogP contribution in [0.4, 0.5) is 5.69 Å². The fourth-order valence-electron chi connectivity index (χ4n) is 5.21. The molecule has 0 bridgehead atoms. The van der Waals surface area contributed by atoms with Crippen molar-refractivity contribution in [3.8, 4) is 17.3 Å². The van der Waals surface area contributed by atoms with Crippen LogP contribution in [0.2, 0.25) is 5.02 Å². The van der Waals surface area contributed by atoms with E-state index >= 15 is 0 Å². The number of aromatic nitrogens is 4. The summed E-state index contributed by atoms with van der Waals surface area (Å²) in [4.78, 5) is 21.8. The third-order valence-corrected chi connectivity index (χ3v) is 6.88. The second-order valence-corrected chi connectivity index (χ2v) is 9.10. The summed E-state index contributed by atoms with van der Waals surface area (Å²) < 4.78 is 1.80. The highest BCUT2D eigenvalue weighted by atomic mass is 35.5. The molecule has 8 nitrogen and oxygen atoms in total. The zero-order valence-electron chi connectivity index (χ0n) is 17.5. The van der Waals surface area contributed by atoms with Crippen LogP contribution in [0.3, 0.4) is 0 Å². The van der Waals surface area contributed by atoms with Gasteiger partial charge in [0.1, 0.15) is 12.1 Å². The molecule has 3 aromatic rings. The molecule has 2 unspecified atom stereocenters. The summed E-state index contributed by atoms with van der Waals surface area (Å²) in [6.07, 6.45) is 5.62. The third kappa shape index (κ3) is 3.53. The van der Waals surface area contributed by atoms with Crippen LogP contribution in [0.25, 0.3) is 22.3 Å². The van der Waals surface area contributed by atoms with Gasteiger partial charge in [0.05, 0.1) is 34.4 Å². The summed E-state index contributed by atoms with van der Waals surface area (Å²) in [5.74, 6) is 0.887. The molecular formula is C22H24ClN7O. The summed E-state index contributed by atoms with van der Waals surface area (Å²) in [6, 6.07) is 4.34. The van der Waals surface area contributed by atoms with Gasteiger partial charge in [-0.15, -0.1) is 0 Å². The molecule has 2 N–H and O–H groups in total. The minimum atomic E-state index is -0.0501. The first-order valence-electron chi connectivity index (χ1n) is 10.5. The lowest BCUT2D eigenvalue weighted by Gasteiger charge is -2.20. The van der Waals surface area contributed by atoms with Crippen LogP contribution in [-0.2, 0) is 11.8 Å². The van der Waals surface area contributed by atoms with Crippen LogP contribution in [0.5, 0.6) is 0 Å². The lowest BCUT2D eigenvalue weighted by atomic mass is 10.0. The van der Waals surface area contributed by atoms with Gasteiger partial charge < -0.3 is 15.2 Å². The van der Waals surface area contributed by atoms with Gasteiger partial charge in [0, 0.05) is 43.3 Å². The number of halogens is 1. The molecule has 31 heavy (non-hydrogen) atoms. The lowest BCUT2D eigenvalue weighted by Crippen LogP contribution is -2.30. The normalized spacial score (nSPS) is 22.6. The first-order valence-corrected chi connectivity index (χ1v) is 10.9. The molecule has 1 aliphatic carbocycles. The molecule has 4 heterocycles. The molecule has 2 aliphatic rings. The van der Waals surface area contributed by atoms with Gasteiger partial charge in [0.15, 0.2) is 0 Å². The van der Waals surface area contributed by atoms with Gasteiger partial charge in [-0.3, -0.25) is 9.48 Å². The highest BCUT2D eigenvalue weighted by Crippen LogP contribution is 2.41. The van der Waals surface area contributed by atoms with E-state index in [2.05, 4.69) is 26.4 Å². The second-order valence-electron chi connectivity index (χ2n) is 8.69. The maximum atomic E-state index is 12.0. The number of rotatable bonds is 4. The summed E-state index contributed by atoms with van der Waals surface area (Å²) in [5.41, 5.74) is 4.65. The summed E-state index contributed by atoms with van der Waals surface area (Å²) in [7, 11) is 1.91. The number of carbonyl (C=O) groups excluding carboxylic acids is 1. The Morgan fingerprint density at radius 1 is 1.39 bits per heavy atom. The van der Waals surface area contributed by atoms with Gasteiger partial charge in [0.2, 0.25) is 5.91 Å². The van der Waals surface area contributed by atoms with Crippen molar-refractivity contribution in [2.75, 3.05) is 18.4 Å². The third-order valence-electron chi connectivity index (χ3n) is 6.60. The number of carbonyl (C=O) groups is 1. The van der Waals surface area contributed by atoms with Crippen molar-refractivity contribution >= 4 is 34.2 Å². The molecule has 160 valence electrons. The molecule has 1 saturated carbocycles. The van der Waals surface area contributed by atoms with E-state index < -0.39 is 0 Å². The van der Waals surface area contributed by atoms with Gasteiger partial charge in [-0.25, -0.2) is 4.98 Å². The number of aromatic amines is 1. The molecule has 1 amide bonds. The molecule has 1 saturated heterocycles. The van der Waals surface area contributed by atoms with E-state index in [0.717, 1.165) is 59.6 Å². The van der Waals surface area contributed by atoms with Crippen molar-refractivity contribution in [3.05, 3.63) is 29.2 Å². The summed E-state index contributed by atoms with van der Waals surface area (Å²) in [6.45, 7) is 3.48. The molecule has 1 aliphatic heterocycles. The van der Waals surface area contributed by atoms with Crippen LogP contribution < -0.4 is 5.32 Å². The molecule has 0 radical (unpaired) electrons. The smallest absolute Gasteiger partial charge is 0.236 e. The van der Waals surface area contributed by atoms with Crippen molar-refractivity contribution < 1.29 is 4.79 Å². The van der Waals surface area contributed by atoms with Crippen LogP contribution in [0.1, 0.15) is 25.0 Å². The molecule has 5 rings (SSSR count). The van der Waals surface area contributed by atoms with E-state index in [-0.39, 0.29) is 12.3 Å². The first-order chi connectivity index (χ1) is 14.9. The minimum absolute atomic E-state index is 0.0298. The largest absolute Gasteiger partial charge is 0.380 e. The lowest BCUT2D eigenvalue weighted by molar-refractivity contribution is -0.129. The number of pyridine rings is 1. The number of aryl methyl sites for hydroxylation is 2. The molecule has 0 aromatic carbocycles. The summed E-state index contributed by atoms with van der Waals surface area (Å²) >= 11 is 6.55. The molecule has 3 aromatic heterocycles. The average Bonchev–Trinajstić information content (AvgIpc) is 3.46. The highest BCUT2D eigenvalue weighted by molar-refractivity contribution is 6.34. The van der Waals surface area contributed by atoms with Crippen LogP contribution in [0.15, 0.2) is 18.5 Å². The van der Waals surface area contributed by atoms with Crippen molar-refractivity contribution in [3.63, 3.8) is 0 Å². The van der Waals surface area contributed by atoms with E-state index in [4.69, 9.17) is 16.9 Å². The van der Waals surface area contributed by atoms with E-state index in [0.29, 0.717) is 22.9 Å². The predicted molar refractivity (Wildman–Crippen MR) is 118 cm³/mol. The Balaban J connectivity index is 1.36. The summed E-state index contributed by atoms with van der Waals surface area (Å²) in [5, 5.41) is 18.4. The Bertz CT molecular complexity index is 1190. The maximum absolute atomic E-state index is 12.0. The SMILES string of the molecule is Cc1nn(C)cc1-c1cc2c(NC3CC4CN(C(=O)CC#N)CC4C3)c(Cl)cnc2[nH]1. The fraction of sp³-hybridized carbons (Fsp3) is 0.455. The Kier molecular flexibility index (Phi) is 4.86. The van der Waals surface area contributed by atoms with E-state index in [1.165, 1.54) is 0 Å². The number of H-pyrrole nitrogens is 1. The second kappa shape index (κ2) is 7.57. The van der Waals surface area contributed by atoms with Gasteiger partial charge in [0.25, 0.3) is 0 Å². The number of likely N-dealkylation sites (tertiary alicyclic amines) is 1. The Labute approximate surface area is 185 Å². The van der Waals surface area contributed by atoms with Crippen LogP contribution >= 0.6 is 11.6 Å². The fourth-order valence-corrected chi connectivity index (χ4v) is 5.42. The number of nitriles is 1. The maximum Gasteiger partial charge on any atom is 0.236 e. The number of hydrogen-bond acceptors (Lipinski definition) is 5. The Morgan fingerprint density at radius 2 is 2.13 bits per heavy atom. The number of nitrogens with zero attached hydrogens (tertiary/aromatic N) is 5. The van der Waals surface area contributed by atoms with Gasteiger partial charge >= 0.3 is 0 Å². The van der Waals surface area contributed by atoms with Crippen LogP contribution in [-0.4, -0.2) is 49.7 Å². The van der Waals surface area contributed by atoms with E-state index in [1.807, 2.05) is 31.1 Å². The Morgan fingerprint density at radius 3 is 2.77 bits per heavy atom. The van der Waals surface area contributed by atoms with Crippen LogP contribution in [0, 0.1) is 30.1 Å². The molecule has 0 spiro atoms. The molecule has 2 atom stereocenters. The van der Waals surface area contributed by atoms with Crippen molar-refractivity contribution in [2.24, 2.45) is 18.9 Å². The highest BCUT2D eigenvalue weighted by Gasteiger charge is 2.42. The average molecular weight is 438 g/mol. The zero-order chi connectivity index (χ0) is 21.7. The topological polar surface area (TPSA) is 103 Å². The van der Waals surface area contributed by atoms with Gasteiger partial charge in [-0.05, 0) is 37.7 Å². The van der Waals surface area contributed by atoms with Crippen molar-refractivity contribution in [1.29, 1.82) is 5.26 Å². The number of hydrogen-bond donors (Lipinski definition) is 2. The molecular weight excluding hydrogens is 414 g/mol. The van der Waals surface area contributed by atoms with Gasteiger partial charge in [-0.1, -0.05) is 11.6 Å². The standard InChI is InChI=1S/C22H24ClN7O/c1-12-17(11-29(2)28-12)19-7-16-21(18(23)8-25-22(16)27-19)26-15-5-13-9-30(10-14(13)6-15)20(31)3-4-24/h7-8,11,13-15H,3,5-6,9-10H2,1-2H3,(H2,25,26,27). The zero-order valence-corrected chi connectivity index (χ0v) is 18.3. The number of nitrogens with one attached hydrogen (secondary N) is 2. The molecule has 2 fully saturated rings. The van der Waals surface area contributed by atoms with Crippen molar-refractivity contribution in [1.82, 2.24) is 24.6 Å². The number of amides is 1. The first kappa shape index (κ1) is 19.9.